The van der Waals surface area contributed by atoms with Gasteiger partial charge in [0, 0.05) is 36.1 Å². The molecule has 0 aliphatic carbocycles. The van der Waals surface area contributed by atoms with Crippen LogP contribution < -0.4 is 0 Å². The van der Waals surface area contributed by atoms with Gasteiger partial charge in [0.05, 0.1) is 0 Å². The number of hydrogen-bond acceptors (Lipinski definition) is 4. The van der Waals surface area contributed by atoms with Crippen LogP contribution in [0, 0.1) is 0 Å². The monoisotopic (exact) mass is 399 g/mol. The average Bonchev–Trinajstić information content (AvgIpc) is 3.05. The Bertz CT molecular complexity index is 689. The fourth-order valence-corrected chi connectivity index (χ4v) is 4.55. The van der Waals surface area contributed by atoms with Gasteiger partial charge in [0.1, 0.15) is 0 Å². The molecule has 1 unspecified atom stereocenters. The predicted molar refractivity (Wildman–Crippen MR) is 110 cm³/mol. The van der Waals surface area contributed by atoms with Gasteiger partial charge in [0.15, 0.2) is 0 Å². The third-order valence-corrected chi connectivity index (χ3v) is 6.56. The molecule has 1 aliphatic rings. The fraction of sp³-hybridized carbons (Fsp3) is 0.579. The molecule has 0 N–H and O–H groups in total. The van der Waals surface area contributed by atoms with E-state index in [4.69, 9.17) is 11.6 Å². The Morgan fingerprint density at radius 2 is 1.92 bits per heavy atom. The number of benzene rings is 1. The van der Waals surface area contributed by atoms with E-state index in [1.54, 1.807) is 22.5 Å². The summed E-state index contributed by atoms with van der Waals surface area (Å²) in [6, 6.07) is 7.45. The Morgan fingerprint density at radius 3 is 2.54 bits per heavy atom. The Kier molecular flexibility index (Phi) is 8.10. The van der Waals surface area contributed by atoms with Gasteiger partial charge in [-0.15, -0.1) is 0 Å². The summed E-state index contributed by atoms with van der Waals surface area (Å²) in [5.74, 6) is 0. The minimum Gasteiger partial charge on any atom is -0.308 e. The highest BCUT2D eigenvalue weighted by molar-refractivity contribution is 7.92. The van der Waals surface area contributed by atoms with Crippen LogP contribution in [0.5, 0.6) is 0 Å². The van der Waals surface area contributed by atoms with Crippen LogP contribution in [-0.2, 0) is 10.0 Å². The first-order chi connectivity index (χ1) is 12.3. The van der Waals surface area contributed by atoms with E-state index < -0.39 is 10.0 Å². The van der Waals surface area contributed by atoms with Gasteiger partial charge >= 0.3 is 0 Å². The minimum absolute atomic E-state index is 0.306. The second-order valence-electron chi connectivity index (χ2n) is 6.99. The molecule has 0 radical (unpaired) electrons. The van der Waals surface area contributed by atoms with Gasteiger partial charge < -0.3 is 4.90 Å². The van der Waals surface area contributed by atoms with Gasteiger partial charge in [0.2, 0.25) is 10.0 Å². The molecule has 2 rings (SSSR count). The van der Waals surface area contributed by atoms with Crippen LogP contribution in [0.1, 0.15) is 25.3 Å². The lowest BCUT2D eigenvalue weighted by atomic mass is 10.2. The Hall–Kier alpha value is -0.920. The van der Waals surface area contributed by atoms with Crippen molar-refractivity contribution in [2.24, 2.45) is 0 Å². The van der Waals surface area contributed by atoms with Crippen LogP contribution in [0.15, 0.2) is 29.7 Å². The van der Waals surface area contributed by atoms with Gasteiger partial charge in [0.25, 0.3) is 0 Å². The van der Waals surface area contributed by atoms with Crippen molar-refractivity contribution >= 4 is 27.7 Å². The van der Waals surface area contributed by atoms with Crippen LogP contribution >= 0.6 is 11.6 Å². The van der Waals surface area contributed by atoms with Crippen LogP contribution in [-0.4, -0.2) is 75.4 Å². The summed E-state index contributed by atoms with van der Waals surface area (Å²) in [5, 5.41) is 1.95. The molecule has 1 heterocycles. The lowest BCUT2D eigenvalue weighted by Crippen LogP contribution is -2.44. The molecule has 1 aromatic rings. The number of sulfonamides is 1. The maximum Gasteiger partial charge on any atom is 0.236 e. The highest BCUT2D eigenvalue weighted by Crippen LogP contribution is 2.20. The third-order valence-electron chi connectivity index (χ3n) is 4.78. The molecule has 7 heteroatoms. The van der Waals surface area contributed by atoms with Crippen molar-refractivity contribution in [2.75, 3.05) is 46.8 Å². The quantitative estimate of drug-likeness (QED) is 0.640. The lowest BCUT2D eigenvalue weighted by molar-refractivity contribution is 0.221. The summed E-state index contributed by atoms with van der Waals surface area (Å²) in [7, 11) is 0.442. The molecule has 0 bridgehead atoms. The number of nitrogens with zero attached hydrogens (tertiary/aromatic N) is 3. The second kappa shape index (κ2) is 9.85. The molecule has 146 valence electrons. The Morgan fingerprint density at radius 1 is 1.23 bits per heavy atom. The summed E-state index contributed by atoms with van der Waals surface area (Å²) in [5.41, 5.74) is 0.821. The highest BCUT2D eigenvalue weighted by atomic mass is 35.5. The number of halogens is 1. The van der Waals surface area contributed by atoms with Crippen molar-refractivity contribution < 1.29 is 8.42 Å². The average molecular weight is 400 g/mol. The summed E-state index contributed by atoms with van der Waals surface area (Å²) >= 11 is 5.89. The van der Waals surface area contributed by atoms with E-state index in [9.17, 15) is 8.42 Å². The summed E-state index contributed by atoms with van der Waals surface area (Å²) in [6.07, 6.45) is 3.84. The van der Waals surface area contributed by atoms with Crippen molar-refractivity contribution in [1.29, 1.82) is 0 Å². The Balaban J connectivity index is 2.14. The lowest BCUT2D eigenvalue weighted by Gasteiger charge is -2.29. The molecule has 1 fully saturated rings. The molecular formula is C19H30ClN3O2S. The second-order valence-corrected chi connectivity index (χ2v) is 9.24. The molecule has 0 aromatic heterocycles. The molecule has 5 nitrogen and oxygen atoms in total. The van der Waals surface area contributed by atoms with Gasteiger partial charge in [-0.2, -0.15) is 4.31 Å². The molecule has 0 amide bonds. The van der Waals surface area contributed by atoms with Crippen molar-refractivity contribution in [2.45, 2.75) is 25.8 Å². The molecule has 26 heavy (non-hydrogen) atoms. The summed E-state index contributed by atoms with van der Waals surface area (Å²) in [6.45, 7) is 5.91. The predicted octanol–water partition coefficient (Wildman–Crippen LogP) is 2.99. The van der Waals surface area contributed by atoms with Gasteiger partial charge in [-0.1, -0.05) is 30.7 Å². The molecule has 1 aliphatic heterocycles. The number of likely N-dealkylation sites (tertiary alicyclic amines) is 1. The van der Waals surface area contributed by atoms with E-state index in [1.165, 1.54) is 5.41 Å². The normalized spacial score (nSPS) is 19.2. The first kappa shape index (κ1) is 21.4. The topological polar surface area (TPSA) is 43.9 Å². The van der Waals surface area contributed by atoms with Crippen LogP contribution in [0.4, 0.5) is 0 Å². The molecule has 0 saturated carbocycles. The first-order valence-corrected chi connectivity index (χ1v) is 11.0. The number of likely N-dealkylation sites (N-methyl/N-ethyl adjacent to an activating group) is 2. The largest absolute Gasteiger partial charge is 0.308 e. The molecule has 1 atom stereocenters. The standard InChI is InChI=1S/C19H30ClN3O2S/c1-4-22-12-5-6-19(22)16-23(14-13-21(2)3)26(24,25)15-11-17-7-9-18(20)10-8-17/h7-11,15,19H,4-6,12-14,16H2,1-3H3/b15-11+. The Labute approximate surface area is 163 Å². The fourth-order valence-electron chi connectivity index (χ4n) is 3.21. The maximum atomic E-state index is 12.9. The molecule has 1 aromatic carbocycles. The zero-order valence-corrected chi connectivity index (χ0v) is 17.5. The van der Waals surface area contributed by atoms with Crippen molar-refractivity contribution in [3.8, 4) is 0 Å². The van der Waals surface area contributed by atoms with Crippen molar-refractivity contribution in [1.82, 2.24) is 14.1 Å². The van der Waals surface area contributed by atoms with Crippen molar-refractivity contribution in [3.63, 3.8) is 0 Å². The van der Waals surface area contributed by atoms with E-state index in [-0.39, 0.29) is 0 Å². The van der Waals surface area contributed by atoms with E-state index >= 15 is 0 Å². The summed E-state index contributed by atoms with van der Waals surface area (Å²) < 4.78 is 27.5. The minimum atomic E-state index is -3.48. The summed E-state index contributed by atoms with van der Waals surface area (Å²) in [4.78, 5) is 4.39. The van der Waals surface area contributed by atoms with E-state index in [0.717, 1.165) is 31.5 Å². The number of hydrogen-bond donors (Lipinski definition) is 0. The molecular weight excluding hydrogens is 370 g/mol. The molecule has 1 saturated heterocycles. The van der Waals surface area contributed by atoms with Crippen molar-refractivity contribution in [3.05, 3.63) is 40.3 Å². The van der Waals surface area contributed by atoms with Gasteiger partial charge in [-0.05, 0) is 63.8 Å². The van der Waals surface area contributed by atoms with Crippen LogP contribution in [0.25, 0.3) is 6.08 Å². The first-order valence-electron chi connectivity index (χ1n) is 9.14. The number of rotatable bonds is 9. The maximum absolute atomic E-state index is 12.9. The van der Waals surface area contributed by atoms with Crippen LogP contribution in [0.3, 0.4) is 0 Å². The highest BCUT2D eigenvalue weighted by Gasteiger charge is 2.29. The van der Waals surface area contributed by atoms with E-state index in [0.29, 0.717) is 30.7 Å². The van der Waals surface area contributed by atoms with E-state index in [2.05, 4.69) is 11.8 Å². The zero-order chi connectivity index (χ0) is 19.2. The van der Waals surface area contributed by atoms with Gasteiger partial charge in [-0.25, -0.2) is 8.42 Å². The zero-order valence-electron chi connectivity index (χ0n) is 15.9. The van der Waals surface area contributed by atoms with E-state index in [1.807, 2.05) is 31.1 Å². The SMILES string of the molecule is CCN1CCCC1CN(CCN(C)C)S(=O)(=O)/C=C/c1ccc(Cl)cc1. The molecule has 0 spiro atoms. The van der Waals surface area contributed by atoms with Crippen LogP contribution in [0.2, 0.25) is 5.02 Å². The third kappa shape index (κ3) is 6.35. The van der Waals surface area contributed by atoms with Gasteiger partial charge in [-0.3, -0.25) is 4.90 Å². The smallest absolute Gasteiger partial charge is 0.236 e.